The van der Waals surface area contributed by atoms with E-state index in [9.17, 15) is 4.79 Å². The summed E-state index contributed by atoms with van der Waals surface area (Å²) in [5.41, 5.74) is 4.04. The number of ether oxygens (including phenoxy) is 2. The van der Waals surface area contributed by atoms with E-state index in [1.807, 2.05) is 38.3 Å². The maximum atomic E-state index is 12.2. The van der Waals surface area contributed by atoms with Crippen LogP contribution in [0.25, 0.3) is 0 Å². The van der Waals surface area contributed by atoms with Gasteiger partial charge in [-0.25, -0.2) is 9.97 Å². The summed E-state index contributed by atoms with van der Waals surface area (Å²) in [6, 6.07) is 5.78. The van der Waals surface area contributed by atoms with Crippen molar-refractivity contribution in [3.8, 4) is 11.5 Å². The second-order valence-corrected chi connectivity index (χ2v) is 6.92. The highest BCUT2D eigenvalue weighted by Crippen LogP contribution is 2.27. The lowest BCUT2D eigenvalue weighted by Gasteiger charge is -2.11. The van der Waals surface area contributed by atoms with Crippen molar-refractivity contribution < 1.29 is 14.3 Å². The van der Waals surface area contributed by atoms with Gasteiger partial charge in [0.15, 0.2) is 16.7 Å². The summed E-state index contributed by atoms with van der Waals surface area (Å²) in [5.74, 6) is 1.43. The Kier molecular flexibility index (Phi) is 7.91. The van der Waals surface area contributed by atoms with Gasteiger partial charge in [0.05, 0.1) is 14.2 Å². The number of aromatic nitrogens is 2. The Bertz CT molecular complexity index is 773. The number of hydrogen-bond acceptors (Lipinski definition) is 6. The summed E-state index contributed by atoms with van der Waals surface area (Å²) in [4.78, 5) is 21.1. The predicted octanol–water partition coefficient (Wildman–Crippen LogP) is 3.12. The van der Waals surface area contributed by atoms with Crippen LogP contribution in [0.4, 0.5) is 0 Å². The molecule has 2 aromatic rings. The Morgan fingerprint density at radius 1 is 1.07 bits per heavy atom. The van der Waals surface area contributed by atoms with E-state index >= 15 is 0 Å². The van der Waals surface area contributed by atoms with Crippen molar-refractivity contribution in [3.05, 3.63) is 40.7 Å². The van der Waals surface area contributed by atoms with Crippen molar-refractivity contribution in [1.82, 2.24) is 15.3 Å². The van der Waals surface area contributed by atoms with E-state index in [-0.39, 0.29) is 5.91 Å². The van der Waals surface area contributed by atoms with Gasteiger partial charge in [0.25, 0.3) is 0 Å². The number of carbonyl (C=O) groups excluding carboxylic acids is 1. The molecule has 2 rings (SSSR count). The van der Waals surface area contributed by atoms with Crippen LogP contribution in [0.2, 0.25) is 0 Å². The average molecular weight is 390 g/mol. The Hall–Kier alpha value is -2.28. The van der Waals surface area contributed by atoms with E-state index in [0.29, 0.717) is 30.9 Å². The summed E-state index contributed by atoms with van der Waals surface area (Å²) in [7, 11) is 3.23. The van der Waals surface area contributed by atoms with Crippen molar-refractivity contribution >= 4 is 17.7 Å². The summed E-state index contributed by atoms with van der Waals surface area (Å²) in [5, 5.41) is 3.74. The van der Waals surface area contributed by atoms with Gasteiger partial charge in [-0.15, -0.1) is 0 Å². The summed E-state index contributed by atoms with van der Waals surface area (Å²) in [6.07, 6.45) is 3.76. The molecule has 146 valence electrons. The van der Waals surface area contributed by atoms with Crippen molar-refractivity contribution in [2.45, 2.75) is 38.3 Å². The lowest BCUT2D eigenvalue weighted by Crippen LogP contribution is -2.26. The van der Waals surface area contributed by atoms with Crippen LogP contribution in [-0.2, 0) is 17.6 Å². The number of nitrogens with zero attached hydrogens (tertiary/aromatic N) is 2. The van der Waals surface area contributed by atoms with Gasteiger partial charge in [-0.1, -0.05) is 17.8 Å². The van der Waals surface area contributed by atoms with Gasteiger partial charge >= 0.3 is 0 Å². The van der Waals surface area contributed by atoms with Gasteiger partial charge in [-0.3, -0.25) is 4.79 Å². The molecule has 1 amide bonds. The van der Waals surface area contributed by atoms with Crippen LogP contribution in [0.5, 0.6) is 11.5 Å². The number of hydrogen-bond donors (Lipinski definition) is 1. The van der Waals surface area contributed by atoms with Gasteiger partial charge in [0.1, 0.15) is 0 Å². The molecule has 0 saturated heterocycles. The Balaban J connectivity index is 1.83. The quantitative estimate of drug-likeness (QED) is 0.525. The molecular weight excluding hydrogens is 362 g/mol. The fourth-order valence-electron chi connectivity index (χ4n) is 2.87. The first kappa shape index (κ1) is 21.0. The number of carbonyl (C=O) groups is 1. The zero-order chi connectivity index (χ0) is 19.8. The Labute approximate surface area is 165 Å². The van der Waals surface area contributed by atoms with Crippen LogP contribution in [0, 0.1) is 13.8 Å². The summed E-state index contributed by atoms with van der Waals surface area (Å²) in [6.45, 7) is 4.52. The van der Waals surface area contributed by atoms with Crippen LogP contribution in [0.1, 0.15) is 28.9 Å². The largest absolute Gasteiger partial charge is 0.493 e. The normalized spacial score (nSPS) is 10.6. The first-order chi connectivity index (χ1) is 13.0. The van der Waals surface area contributed by atoms with E-state index in [1.54, 1.807) is 14.2 Å². The zero-order valence-corrected chi connectivity index (χ0v) is 17.4. The third-order valence-electron chi connectivity index (χ3n) is 4.37. The minimum atomic E-state index is 0.0308. The highest BCUT2D eigenvalue weighted by molar-refractivity contribution is 7.98. The van der Waals surface area contributed by atoms with Crippen molar-refractivity contribution in [3.63, 3.8) is 0 Å². The first-order valence-electron chi connectivity index (χ1n) is 8.84. The molecule has 1 heterocycles. The molecule has 0 aliphatic heterocycles. The fourth-order valence-corrected chi connectivity index (χ4v) is 3.33. The summed E-state index contributed by atoms with van der Waals surface area (Å²) >= 11 is 1.53. The van der Waals surface area contributed by atoms with Crippen LogP contribution in [-0.4, -0.2) is 42.9 Å². The zero-order valence-electron chi connectivity index (χ0n) is 16.6. The number of amides is 1. The molecule has 0 unspecified atom stereocenters. The lowest BCUT2D eigenvalue weighted by molar-refractivity contribution is -0.121. The number of benzene rings is 1. The molecule has 27 heavy (non-hydrogen) atoms. The molecular formula is C20H27N3O3S. The molecule has 0 aliphatic rings. The minimum Gasteiger partial charge on any atom is -0.493 e. The topological polar surface area (TPSA) is 73.3 Å². The van der Waals surface area contributed by atoms with E-state index in [2.05, 4.69) is 15.3 Å². The van der Waals surface area contributed by atoms with Gasteiger partial charge in [0, 0.05) is 24.4 Å². The second kappa shape index (κ2) is 10.2. The molecule has 1 N–H and O–H groups in total. The molecule has 0 bridgehead atoms. The highest BCUT2D eigenvalue weighted by Gasteiger charge is 2.11. The molecule has 0 aliphatic carbocycles. The monoisotopic (exact) mass is 389 g/mol. The third kappa shape index (κ3) is 5.85. The SMILES string of the molecule is COc1ccc(CCNC(=O)CCc2c(C)nc(SC)nc2C)cc1OC. The van der Waals surface area contributed by atoms with E-state index in [4.69, 9.17) is 9.47 Å². The van der Waals surface area contributed by atoms with E-state index in [1.165, 1.54) is 11.8 Å². The standard InChI is InChI=1S/C20H27N3O3S/c1-13-16(14(2)23-20(22-13)27-5)7-9-19(24)21-11-10-15-6-8-17(25-3)18(12-15)26-4/h6,8,12H,7,9-11H2,1-5H3,(H,21,24). The molecule has 7 heteroatoms. The smallest absolute Gasteiger partial charge is 0.220 e. The van der Waals surface area contributed by atoms with E-state index in [0.717, 1.165) is 34.1 Å². The molecule has 1 aromatic heterocycles. The number of thioether (sulfide) groups is 1. The molecule has 6 nitrogen and oxygen atoms in total. The highest BCUT2D eigenvalue weighted by atomic mass is 32.2. The molecule has 1 aromatic carbocycles. The molecule has 0 saturated carbocycles. The lowest BCUT2D eigenvalue weighted by atomic mass is 10.1. The van der Waals surface area contributed by atoms with Crippen LogP contribution < -0.4 is 14.8 Å². The second-order valence-electron chi connectivity index (χ2n) is 6.15. The summed E-state index contributed by atoms with van der Waals surface area (Å²) < 4.78 is 10.5. The van der Waals surface area contributed by atoms with Gasteiger partial charge in [0.2, 0.25) is 5.91 Å². The molecule has 0 radical (unpaired) electrons. The first-order valence-corrected chi connectivity index (χ1v) is 10.1. The van der Waals surface area contributed by atoms with Crippen LogP contribution in [0.3, 0.4) is 0 Å². The van der Waals surface area contributed by atoms with Crippen LogP contribution >= 0.6 is 11.8 Å². The molecule has 0 atom stereocenters. The van der Waals surface area contributed by atoms with Crippen molar-refractivity contribution in [2.24, 2.45) is 0 Å². The van der Waals surface area contributed by atoms with Crippen molar-refractivity contribution in [1.29, 1.82) is 0 Å². The number of rotatable bonds is 9. The Morgan fingerprint density at radius 2 is 1.74 bits per heavy atom. The Morgan fingerprint density at radius 3 is 2.33 bits per heavy atom. The van der Waals surface area contributed by atoms with Gasteiger partial charge in [-0.2, -0.15) is 0 Å². The minimum absolute atomic E-state index is 0.0308. The van der Waals surface area contributed by atoms with Gasteiger partial charge in [-0.05, 0) is 56.2 Å². The van der Waals surface area contributed by atoms with Crippen LogP contribution in [0.15, 0.2) is 23.4 Å². The third-order valence-corrected chi connectivity index (χ3v) is 4.92. The van der Waals surface area contributed by atoms with Crippen molar-refractivity contribution in [2.75, 3.05) is 27.0 Å². The fraction of sp³-hybridized carbons (Fsp3) is 0.450. The maximum absolute atomic E-state index is 12.2. The number of nitrogens with one attached hydrogen (secondary N) is 1. The molecule has 0 fully saturated rings. The maximum Gasteiger partial charge on any atom is 0.220 e. The average Bonchev–Trinajstić information content (AvgIpc) is 2.66. The number of aryl methyl sites for hydroxylation is 2. The number of methoxy groups -OCH3 is 2. The van der Waals surface area contributed by atoms with Gasteiger partial charge < -0.3 is 14.8 Å². The molecule has 0 spiro atoms. The van der Waals surface area contributed by atoms with E-state index < -0.39 is 0 Å². The predicted molar refractivity (Wildman–Crippen MR) is 108 cm³/mol.